The summed E-state index contributed by atoms with van der Waals surface area (Å²) in [5, 5.41) is 14.8. The van der Waals surface area contributed by atoms with E-state index in [0.29, 0.717) is 75.8 Å². The number of morpholine rings is 1. The van der Waals surface area contributed by atoms with Crippen LogP contribution in [0.3, 0.4) is 0 Å². The molecule has 5 heterocycles. The number of carbonyl (C=O) groups is 1. The first-order valence-corrected chi connectivity index (χ1v) is 19.0. The molecule has 0 spiro atoms. The maximum Gasteiger partial charge on any atom is 0.319 e. The van der Waals surface area contributed by atoms with Crippen LogP contribution in [0.25, 0.3) is 32.9 Å². The van der Waals surface area contributed by atoms with E-state index >= 15 is 8.78 Å². The molecule has 12 nitrogen and oxygen atoms in total. The van der Waals surface area contributed by atoms with Crippen molar-refractivity contribution in [2.45, 2.75) is 37.8 Å². The van der Waals surface area contributed by atoms with Crippen LogP contribution in [0.2, 0.25) is 0 Å². The Hall–Kier alpha value is -4.94. The Balaban J connectivity index is 1.21. The van der Waals surface area contributed by atoms with Crippen LogP contribution in [-0.2, 0) is 14.3 Å². The lowest BCUT2D eigenvalue weighted by molar-refractivity contribution is -0.117. The van der Waals surface area contributed by atoms with E-state index in [2.05, 4.69) is 37.6 Å². The zero-order valence-corrected chi connectivity index (χ0v) is 30.7. The molecule has 4 aromatic rings. The number of terminal acetylenes is 1. The van der Waals surface area contributed by atoms with E-state index in [4.69, 9.17) is 25.6 Å². The molecule has 1 unspecified atom stereocenters. The van der Waals surface area contributed by atoms with Crippen molar-refractivity contribution in [3.05, 3.63) is 60.3 Å². The average Bonchev–Trinajstić information content (AvgIpc) is 4.00. The largest absolute Gasteiger partial charge is 0.508 e. The molecule has 1 amide bonds. The zero-order chi connectivity index (χ0) is 38.1. The maximum atomic E-state index is 17.2. The van der Waals surface area contributed by atoms with Crippen LogP contribution in [0.4, 0.5) is 14.6 Å². The van der Waals surface area contributed by atoms with Gasteiger partial charge in [0.1, 0.15) is 28.6 Å². The molecule has 2 aromatic carbocycles. The van der Waals surface area contributed by atoms with Gasteiger partial charge in [-0.1, -0.05) is 18.6 Å². The molecule has 1 saturated carbocycles. The molecule has 8 rings (SSSR count). The molecule has 4 fully saturated rings. The van der Waals surface area contributed by atoms with Crippen molar-refractivity contribution in [3.8, 4) is 35.4 Å². The van der Waals surface area contributed by atoms with E-state index in [1.54, 1.807) is 0 Å². The Morgan fingerprint density at radius 2 is 1.87 bits per heavy atom. The summed E-state index contributed by atoms with van der Waals surface area (Å²) in [5.41, 5.74) is -0.213. The smallest absolute Gasteiger partial charge is 0.319 e. The fourth-order valence-electron chi connectivity index (χ4n) is 8.21. The van der Waals surface area contributed by atoms with Crippen molar-refractivity contribution in [3.63, 3.8) is 0 Å². The number of nitrogens with zero attached hydrogens (tertiary/aromatic N) is 6. The third-order valence-corrected chi connectivity index (χ3v) is 11.3. The first-order valence-electron chi connectivity index (χ1n) is 19.0. The summed E-state index contributed by atoms with van der Waals surface area (Å²) < 4.78 is 49.8. The van der Waals surface area contributed by atoms with Crippen LogP contribution in [0.1, 0.15) is 31.2 Å². The number of aromatic hydroxyl groups is 1. The van der Waals surface area contributed by atoms with Crippen LogP contribution in [0, 0.1) is 29.4 Å². The minimum Gasteiger partial charge on any atom is -0.508 e. The molecule has 2 aromatic heterocycles. The third-order valence-electron chi connectivity index (χ3n) is 11.3. The third kappa shape index (κ3) is 7.80. The van der Waals surface area contributed by atoms with Crippen molar-refractivity contribution in [1.29, 1.82) is 0 Å². The number of nitrogens with one attached hydrogen (secondary N) is 1. The van der Waals surface area contributed by atoms with Crippen LogP contribution in [0.15, 0.2) is 43.1 Å². The van der Waals surface area contributed by atoms with Crippen LogP contribution in [0.5, 0.6) is 11.8 Å². The molecule has 1 atom stereocenters. The lowest BCUT2D eigenvalue weighted by Gasteiger charge is -2.34. The summed E-state index contributed by atoms with van der Waals surface area (Å²) in [6.07, 6.45) is 12.3. The Morgan fingerprint density at radius 3 is 2.62 bits per heavy atom. The van der Waals surface area contributed by atoms with Gasteiger partial charge in [0.2, 0.25) is 5.91 Å². The fraction of sp³-hybridized carbons (Fsp3) is 0.463. The van der Waals surface area contributed by atoms with E-state index in [1.165, 1.54) is 36.5 Å². The van der Waals surface area contributed by atoms with E-state index in [9.17, 15) is 9.90 Å². The number of ether oxygens (including phenoxy) is 3. The molecule has 1 aliphatic carbocycles. The summed E-state index contributed by atoms with van der Waals surface area (Å²) in [5.74, 6) is 0.911. The van der Waals surface area contributed by atoms with Crippen molar-refractivity contribution in [2.75, 3.05) is 83.7 Å². The van der Waals surface area contributed by atoms with Crippen LogP contribution in [-0.4, -0.2) is 127 Å². The quantitative estimate of drug-likeness (QED) is 0.178. The summed E-state index contributed by atoms with van der Waals surface area (Å²) in [6, 6.07) is 5.47. The first-order chi connectivity index (χ1) is 26.7. The molecular formula is C41H45F2N7O5. The predicted octanol–water partition coefficient (Wildman–Crippen LogP) is 4.27. The van der Waals surface area contributed by atoms with E-state index in [-0.39, 0.29) is 62.9 Å². The molecule has 0 radical (unpaired) electrons. The number of amides is 1. The molecular weight excluding hydrogens is 708 g/mol. The van der Waals surface area contributed by atoms with Gasteiger partial charge in [0.15, 0.2) is 5.82 Å². The van der Waals surface area contributed by atoms with Gasteiger partial charge in [-0.3, -0.25) is 19.6 Å². The first kappa shape index (κ1) is 37.0. The lowest BCUT2D eigenvalue weighted by atomic mass is 9.96. The Kier molecular flexibility index (Phi) is 10.5. The molecule has 14 heteroatoms. The minimum absolute atomic E-state index is 0.0140. The number of anilines is 1. The molecule has 3 saturated heterocycles. The number of halogens is 2. The van der Waals surface area contributed by atoms with Gasteiger partial charge in [-0.25, -0.2) is 8.78 Å². The number of phenols is 1. The Labute approximate surface area is 318 Å². The topological polar surface area (TPSA) is 125 Å². The number of benzene rings is 2. The van der Waals surface area contributed by atoms with Gasteiger partial charge in [-0.05, 0) is 55.3 Å². The van der Waals surface area contributed by atoms with Crippen LogP contribution >= 0.6 is 0 Å². The van der Waals surface area contributed by atoms with Crippen LogP contribution < -0.4 is 15.0 Å². The van der Waals surface area contributed by atoms with Gasteiger partial charge in [-0.15, -0.1) is 6.42 Å². The van der Waals surface area contributed by atoms with Gasteiger partial charge in [-0.2, -0.15) is 9.97 Å². The van der Waals surface area contributed by atoms with Gasteiger partial charge in [0.25, 0.3) is 0 Å². The molecule has 288 valence electrons. The molecule has 0 bridgehead atoms. The summed E-state index contributed by atoms with van der Waals surface area (Å²) in [7, 11) is 0. The number of phenolic OH excluding ortho intramolecular Hbond substituents is 1. The SMILES string of the molecule is C#Cc1c(F)ccc2cc(O)cc(-c3ncc4c(N5CCN(C6CCOCC6)CC(NC(=O)C=C)C5)nc(OCC5(CN6CCOCC6)CC5)nc4c3F)c12. The second-order valence-corrected chi connectivity index (χ2v) is 15.0. The van der Waals surface area contributed by atoms with E-state index in [1.807, 2.05) is 4.90 Å². The maximum absolute atomic E-state index is 17.2. The second kappa shape index (κ2) is 15.7. The van der Waals surface area contributed by atoms with Gasteiger partial charge in [0.05, 0.1) is 36.8 Å². The number of fused-ring (bicyclic) bond motifs is 2. The van der Waals surface area contributed by atoms with Crippen molar-refractivity contribution in [2.24, 2.45) is 5.41 Å². The number of pyridine rings is 1. The normalized spacial score (nSPS) is 20.9. The molecule has 2 N–H and O–H groups in total. The van der Waals surface area contributed by atoms with Crippen molar-refractivity contribution in [1.82, 2.24) is 30.1 Å². The summed E-state index contributed by atoms with van der Waals surface area (Å²) in [4.78, 5) is 33.6. The number of hydrogen-bond donors (Lipinski definition) is 2. The Morgan fingerprint density at radius 1 is 1.09 bits per heavy atom. The highest BCUT2D eigenvalue weighted by molar-refractivity contribution is 6.03. The highest BCUT2D eigenvalue weighted by atomic mass is 19.1. The van der Waals surface area contributed by atoms with Gasteiger partial charge < -0.3 is 29.5 Å². The highest BCUT2D eigenvalue weighted by Crippen LogP contribution is 2.47. The molecule has 55 heavy (non-hydrogen) atoms. The Bertz CT molecular complexity index is 2150. The fourth-order valence-corrected chi connectivity index (χ4v) is 8.21. The second-order valence-electron chi connectivity index (χ2n) is 15.0. The average molecular weight is 754 g/mol. The summed E-state index contributed by atoms with van der Waals surface area (Å²) >= 11 is 0. The standard InChI is InChI=1S/C41H45F2N7O5/c1-3-30-33(42)6-5-26-19-29(51)20-31(35(26)30)37-36(43)38-32(21-44-37)39(47-40(46-38)55-25-41(9-10-41)24-48-13-17-54-18-14-48)50-12-11-49(28-7-15-53-16-8-28)22-27(23-50)45-34(52)4-2/h1,4-6,19-21,27-28,51H,2,7-18,22-25H2,(H,45,52). The van der Waals surface area contributed by atoms with Gasteiger partial charge >= 0.3 is 6.01 Å². The van der Waals surface area contributed by atoms with E-state index in [0.717, 1.165) is 45.3 Å². The number of hydrogen-bond acceptors (Lipinski definition) is 11. The zero-order valence-electron chi connectivity index (χ0n) is 30.7. The predicted molar refractivity (Wildman–Crippen MR) is 204 cm³/mol. The highest BCUT2D eigenvalue weighted by Gasteiger charge is 2.45. The van der Waals surface area contributed by atoms with Gasteiger partial charge in [0, 0.05) is 87.6 Å². The molecule has 3 aliphatic heterocycles. The minimum atomic E-state index is -0.797. The number of carbonyl (C=O) groups excluding carboxylic acids is 1. The monoisotopic (exact) mass is 753 g/mol. The van der Waals surface area contributed by atoms with E-state index < -0.39 is 11.6 Å². The summed E-state index contributed by atoms with van der Waals surface area (Å²) in [6.45, 7) is 11.5. The van der Waals surface area contributed by atoms with Crippen molar-refractivity contribution < 1.29 is 32.9 Å². The molecule has 4 aliphatic rings. The lowest BCUT2D eigenvalue weighted by Crippen LogP contribution is -2.49. The number of rotatable bonds is 10. The number of aromatic nitrogens is 3. The van der Waals surface area contributed by atoms with Crippen molar-refractivity contribution >= 4 is 33.4 Å².